The van der Waals surface area contributed by atoms with Gasteiger partial charge >= 0.3 is 0 Å². The summed E-state index contributed by atoms with van der Waals surface area (Å²) in [6.45, 7) is 0. The molecule has 0 unspecified atom stereocenters. The number of rotatable bonds is 0. The van der Waals surface area contributed by atoms with Gasteiger partial charge in [0.2, 0.25) is 5.78 Å². The minimum atomic E-state index is -0.0534. The largest absolute Gasteiger partial charge is 0.354 e. The smallest absolute Gasteiger partial charge is 0.267 e. The summed E-state index contributed by atoms with van der Waals surface area (Å²) in [5.74, 6) is 0.565. The monoisotopic (exact) mass is 324 g/mol. The number of fused-ring (bicyclic) bond motifs is 7. The minimum absolute atomic E-state index is 0.0534. The molecule has 5 nitrogen and oxygen atoms in total. The predicted octanol–water partition coefficient (Wildman–Crippen LogP) is 3.96. The third-order valence-electron chi connectivity index (χ3n) is 4.89. The van der Waals surface area contributed by atoms with Crippen molar-refractivity contribution in [2.75, 3.05) is 0 Å². The highest BCUT2D eigenvalue weighted by molar-refractivity contribution is 6.11. The van der Waals surface area contributed by atoms with Crippen LogP contribution in [-0.4, -0.2) is 19.4 Å². The zero-order valence-electron chi connectivity index (χ0n) is 13.1. The van der Waals surface area contributed by atoms with E-state index in [0.29, 0.717) is 11.2 Å². The van der Waals surface area contributed by atoms with Crippen LogP contribution in [0.4, 0.5) is 0 Å². The number of aromatic nitrogens is 4. The molecular weight excluding hydrogens is 312 g/mol. The second-order valence-electron chi connectivity index (χ2n) is 6.30. The Morgan fingerprint density at radius 1 is 0.760 bits per heavy atom. The predicted molar refractivity (Wildman–Crippen MR) is 100 cm³/mol. The molecule has 0 amide bonds. The van der Waals surface area contributed by atoms with Crippen molar-refractivity contribution in [3.8, 4) is 0 Å². The molecule has 0 aliphatic carbocycles. The summed E-state index contributed by atoms with van der Waals surface area (Å²) in [4.78, 5) is 24.3. The fourth-order valence-corrected chi connectivity index (χ4v) is 3.73. The van der Waals surface area contributed by atoms with Crippen molar-refractivity contribution in [2.45, 2.75) is 0 Å². The van der Waals surface area contributed by atoms with Crippen molar-refractivity contribution >= 4 is 49.5 Å². The summed E-state index contributed by atoms with van der Waals surface area (Å²) in [7, 11) is 0. The Morgan fingerprint density at radius 2 is 1.48 bits per heavy atom. The van der Waals surface area contributed by atoms with Crippen LogP contribution in [-0.2, 0) is 0 Å². The zero-order chi connectivity index (χ0) is 16.5. The quantitative estimate of drug-likeness (QED) is 0.444. The molecule has 25 heavy (non-hydrogen) atoms. The van der Waals surface area contributed by atoms with E-state index in [2.05, 4.69) is 33.2 Å². The third kappa shape index (κ3) is 1.57. The highest BCUT2D eigenvalue weighted by Gasteiger charge is 2.13. The average Bonchev–Trinajstić information content (AvgIpc) is 3.17. The van der Waals surface area contributed by atoms with E-state index in [1.807, 2.05) is 42.5 Å². The molecule has 5 heteroatoms. The van der Waals surface area contributed by atoms with Crippen molar-refractivity contribution in [2.24, 2.45) is 0 Å². The first-order valence-electron chi connectivity index (χ1n) is 8.13. The standard InChI is InChI=1S/C20H12N4O/c25-19-12-6-2-4-8-15(12)22-20-23-17-9-13-11-5-1-3-7-14(11)21-16(13)10-18(17)24(19)20/h1-10,21H,(H,22,23). The number of imidazole rings is 1. The first-order chi connectivity index (χ1) is 12.3. The summed E-state index contributed by atoms with van der Waals surface area (Å²) in [5, 5.41) is 2.93. The number of benzene rings is 3. The maximum Gasteiger partial charge on any atom is 0.267 e. The molecule has 0 radical (unpaired) electrons. The van der Waals surface area contributed by atoms with Crippen LogP contribution in [0.3, 0.4) is 0 Å². The number of nitrogens with one attached hydrogen (secondary N) is 2. The second kappa shape index (κ2) is 4.27. The average molecular weight is 324 g/mol. The fraction of sp³-hybridized carbons (Fsp3) is 0. The number of para-hydroxylation sites is 2. The van der Waals surface area contributed by atoms with Crippen LogP contribution in [0.1, 0.15) is 0 Å². The molecule has 0 aliphatic rings. The van der Waals surface area contributed by atoms with Crippen molar-refractivity contribution in [1.29, 1.82) is 0 Å². The minimum Gasteiger partial charge on any atom is -0.354 e. The van der Waals surface area contributed by atoms with Crippen LogP contribution >= 0.6 is 0 Å². The number of hydrogen-bond donors (Lipinski definition) is 2. The molecule has 6 rings (SSSR count). The molecule has 6 aromatic rings. The normalized spacial score (nSPS) is 12.2. The summed E-state index contributed by atoms with van der Waals surface area (Å²) in [6.07, 6.45) is 0. The summed E-state index contributed by atoms with van der Waals surface area (Å²) in [5.41, 5.74) is 4.44. The van der Waals surface area contributed by atoms with E-state index in [1.54, 1.807) is 4.40 Å². The van der Waals surface area contributed by atoms with Gasteiger partial charge in [0.05, 0.1) is 21.9 Å². The van der Waals surface area contributed by atoms with Gasteiger partial charge in [-0.05, 0) is 30.3 Å². The molecule has 0 fully saturated rings. The second-order valence-corrected chi connectivity index (χ2v) is 6.30. The Balaban J connectivity index is 1.86. The van der Waals surface area contributed by atoms with Gasteiger partial charge in [-0.1, -0.05) is 30.3 Å². The highest BCUT2D eigenvalue weighted by Crippen LogP contribution is 2.29. The van der Waals surface area contributed by atoms with Crippen LogP contribution in [0.25, 0.3) is 49.5 Å². The van der Waals surface area contributed by atoms with Crippen molar-refractivity contribution in [3.05, 3.63) is 71.0 Å². The Hall–Kier alpha value is -3.60. The van der Waals surface area contributed by atoms with E-state index in [4.69, 9.17) is 0 Å². The van der Waals surface area contributed by atoms with Crippen LogP contribution in [0.15, 0.2) is 65.5 Å². The molecule has 3 aromatic heterocycles. The number of nitrogens with zero attached hydrogens (tertiary/aromatic N) is 2. The lowest BCUT2D eigenvalue weighted by molar-refractivity contribution is 1.12. The lowest BCUT2D eigenvalue weighted by Gasteiger charge is -2.00. The van der Waals surface area contributed by atoms with E-state index in [0.717, 1.165) is 38.4 Å². The first kappa shape index (κ1) is 12.8. The molecule has 3 heterocycles. The molecule has 0 atom stereocenters. The highest BCUT2D eigenvalue weighted by atomic mass is 16.1. The Labute approximate surface area is 140 Å². The van der Waals surface area contributed by atoms with Gasteiger partial charge in [0.1, 0.15) is 0 Å². The van der Waals surface area contributed by atoms with Gasteiger partial charge in [-0.2, -0.15) is 0 Å². The fourth-order valence-electron chi connectivity index (χ4n) is 3.73. The van der Waals surface area contributed by atoms with E-state index in [9.17, 15) is 4.79 Å². The van der Waals surface area contributed by atoms with E-state index in [-0.39, 0.29) is 5.56 Å². The van der Waals surface area contributed by atoms with E-state index >= 15 is 0 Å². The molecule has 3 aromatic carbocycles. The molecule has 0 bridgehead atoms. The summed E-state index contributed by atoms with van der Waals surface area (Å²) < 4.78 is 1.66. The van der Waals surface area contributed by atoms with Gasteiger partial charge in [-0.25, -0.2) is 9.38 Å². The van der Waals surface area contributed by atoms with Crippen LogP contribution < -0.4 is 5.56 Å². The van der Waals surface area contributed by atoms with Crippen molar-refractivity contribution < 1.29 is 0 Å². The molecule has 2 N–H and O–H groups in total. The Morgan fingerprint density at radius 3 is 2.32 bits per heavy atom. The van der Waals surface area contributed by atoms with Gasteiger partial charge < -0.3 is 9.97 Å². The SMILES string of the molecule is O=c1c2ccccc2[nH]c2nc3cc4c(cc3n12)[nH]c1ccccc14. The molecule has 0 aliphatic heterocycles. The summed E-state index contributed by atoms with van der Waals surface area (Å²) >= 11 is 0. The molecule has 0 saturated heterocycles. The van der Waals surface area contributed by atoms with E-state index in [1.165, 1.54) is 0 Å². The van der Waals surface area contributed by atoms with Gasteiger partial charge in [-0.15, -0.1) is 0 Å². The van der Waals surface area contributed by atoms with Gasteiger partial charge in [0.25, 0.3) is 5.56 Å². The molecular formula is C20H12N4O. The maximum absolute atomic E-state index is 13.0. The van der Waals surface area contributed by atoms with Crippen molar-refractivity contribution in [1.82, 2.24) is 19.4 Å². The Bertz CT molecular complexity index is 1520. The molecule has 0 spiro atoms. The molecule has 118 valence electrons. The summed E-state index contributed by atoms with van der Waals surface area (Å²) in [6, 6.07) is 19.8. The Kier molecular flexibility index (Phi) is 2.18. The maximum atomic E-state index is 13.0. The lowest BCUT2D eigenvalue weighted by atomic mass is 10.1. The lowest BCUT2D eigenvalue weighted by Crippen LogP contribution is -2.13. The number of hydrogen-bond acceptors (Lipinski definition) is 2. The van der Waals surface area contributed by atoms with Gasteiger partial charge in [-0.3, -0.25) is 4.79 Å². The van der Waals surface area contributed by atoms with Crippen molar-refractivity contribution in [3.63, 3.8) is 0 Å². The van der Waals surface area contributed by atoms with E-state index < -0.39 is 0 Å². The number of H-pyrrole nitrogens is 2. The van der Waals surface area contributed by atoms with Crippen LogP contribution in [0, 0.1) is 0 Å². The topological polar surface area (TPSA) is 65.9 Å². The van der Waals surface area contributed by atoms with Crippen LogP contribution in [0.2, 0.25) is 0 Å². The third-order valence-corrected chi connectivity index (χ3v) is 4.89. The zero-order valence-corrected chi connectivity index (χ0v) is 13.1. The van der Waals surface area contributed by atoms with Gasteiger partial charge in [0, 0.05) is 21.8 Å². The number of aromatic amines is 2. The van der Waals surface area contributed by atoms with Crippen LogP contribution in [0.5, 0.6) is 0 Å². The van der Waals surface area contributed by atoms with Gasteiger partial charge in [0.15, 0.2) is 0 Å². The molecule has 0 saturated carbocycles. The first-order valence-corrected chi connectivity index (χ1v) is 8.13.